The molecule has 0 bridgehead atoms. The minimum atomic E-state index is -0.442. The summed E-state index contributed by atoms with van der Waals surface area (Å²) in [5.41, 5.74) is 0.689. The summed E-state index contributed by atoms with van der Waals surface area (Å²) in [6, 6.07) is 0. The Balaban J connectivity index is 2.10. The number of esters is 1. The van der Waals surface area contributed by atoms with Gasteiger partial charge in [-0.3, -0.25) is 4.79 Å². The second kappa shape index (κ2) is 5.36. The Morgan fingerprint density at radius 1 is 1.40 bits per heavy atom. The number of rotatable bonds is 2. The van der Waals surface area contributed by atoms with Crippen LogP contribution in [-0.2, 0) is 14.3 Å². The number of carbonyl (C=O) groups is 1. The molecule has 2 rings (SSSR count). The van der Waals surface area contributed by atoms with Crippen molar-refractivity contribution in [2.45, 2.75) is 71.2 Å². The molecule has 3 atom stereocenters. The number of allylic oxidation sites excluding steroid dienone is 3. The Morgan fingerprint density at radius 2 is 2.10 bits per heavy atom. The van der Waals surface area contributed by atoms with Crippen LogP contribution in [0.4, 0.5) is 0 Å². The van der Waals surface area contributed by atoms with Gasteiger partial charge < -0.3 is 9.47 Å². The summed E-state index contributed by atoms with van der Waals surface area (Å²) in [4.78, 5) is 11.2. The molecule has 0 aromatic rings. The van der Waals surface area contributed by atoms with Crippen LogP contribution < -0.4 is 0 Å². The molecule has 3 unspecified atom stereocenters. The molecule has 0 aromatic carbocycles. The lowest BCUT2D eigenvalue weighted by atomic mass is 9.75. The Morgan fingerprint density at radius 3 is 2.60 bits per heavy atom. The Hall–Kier alpha value is -1.09. The van der Waals surface area contributed by atoms with E-state index >= 15 is 0 Å². The minimum Gasteiger partial charge on any atom is -0.460 e. The quantitative estimate of drug-likeness (QED) is 0.721. The summed E-state index contributed by atoms with van der Waals surface area (Å²) < 4.78 is 11.8. The van der Waals surface area contributed by atoms with Crippen LogP contribution in [0.1, 0.15) is 53.9 Å². The van der Waals surface area contributed by atoms with Gasteiger partial charge in [0.25, 0.3) is 0 Å². The van der Waals surface area contributed by atoms with Gasteiger partial charge in [0.15, 0.2) is 0 Å². The van der Waals surface area contributed by atoms with Crippen molar-refractivity contribution in [2.75, 3.05) is 0 Å². The molecular weight excluding hydrogens is 252 g/mol. The number of hydrogen-bond acceptors (Lipinski definition) is 3. The van der Waals surface area contributed by atoms with Crippen LogP contribution in [0.15, 0.2) is 23.8 Å². The zero-order valence-corrected chi connectivity index (χ0v) is 13.2. The van der Waals surface area contributed by atoms with Crippen LogP contribution >= 0.6 is 0 Å². The topological polar surface area (TPSA) is 35.5 Å². The second-order valence-corrected chi connectivity index (χ2v) is 6.80. The first-order chi connectivity index (χ1) is 9.23. The predicted octanol–water partition coefficient (Wildman–Crippen LogP) is 3.79. The van der Waals surface area contributed by atoms with Crippen molar-refractivity contribution in [3.05, 3.63) is 23.8 Å². The number of carbonyl (C=O) groups excluding carboxylic acids is 1. The predicted molar refractivity (Wildman–Crippen MR) is 79.4 cm³/mol. The van der Waals surface area contributed by atoms with E-state index in [2.05, 4.69) is 32.1 Å². The molecule has 1 heterocycles. The van der Waals surface area contributed by atoms with Crippen LogP contribution in [0.2, 0.25) is 0 Å². The van der Waals surface area contributed by atoms with Gasteiger partial charge in [-0.2, -0.15) is 0 Å². The highest BCUT2D eigenvalue weighted by atomic mass is 16.6. The van der Waals surface area contributed by atoms with E-state index in [4.69, 9.17) is 9.47 Å². The molecule has 0 saturated carbocycles. The lowest BCUT2D eigenvalue weighted by Crippen LogP contribution is -2.55. The summed E-state index contributed by atoms with van der Waals surface area (Å²) in [6.45, 7) is 9.80. The zero-order valence-electron chi connectivity index (χ0n) is 13.2. The van der Waals surface area contributed by atoms with Crippen molar-refractivity contribution in [3.8, 4) is 0 Å². The highest BCUT2D eigenvalue weighted by molar-refractivity contribution is 5.66. The van der Waals surface area contributed by atoms with Crippen LogP contribution in [0.5, 0.6) is 0 Å². The van der Waals surface area contributed by atoms with Gasteiger partial charge in [-0.25, -0.2) is 0 Å². The molecule has 0 radical (unpaired) electrons. The normalized spacial score (nSPS) is 36.4. The third-order valence-corrected chi connectivity index (χ3v) is 4.55. The maximum absolute atomic E-state index is 11.2. The maximum Gasteiger partial charge on any atom is 0.303 e. The highest BCUT2D eigenvalue weighted by Gasteiger charge is 2.48. The van der Waals surface area contributed by atoms with E-state index in [-0.39, 0.29) is 17.7 Å². The van der Waals surface area contributed by atoms with Crippen LogP contribution in [0.3, 0.4) is 0 Å². The molecule has 0 N–H and O–H groups in total. The summed E-state index contributed by atoms with van der Waals surface area (Å²) >= 11 is 0. The van der Waals surface area contributed by atoms with E-state index in [0.29, 0.717) is 5.92 Å². The van der Waals surface area contributed by atoms with Crippen molar-refractivity contribution >= 4 is 5.97 Å². The standard InChI is InChI=1S/C17H26O3/c1-12-6-8-14(9-7-12)17(5)11-10-15(19-13(2)18)16(3,4)20-17/h6-8,14-15H,9-11H2,1-5H3. The van der Waals surface area contributed by atoms with Crippen molar-refractivity contribution in [1.82, 2.24) is 0 Å². The van der Waals surface area contributed by atoms with Gasteiger partial charge in [0.2, 0.25) is 0 Å². The first-order valence-corrected chi connectivity index (χ1v) is 7.45. The average molecular weight is 278 g/mol. The molecule has 3 heteroatoms. The average Bonchev–Trinajstić information content (AvgIpc) is 2.32. The Bertz CT molecular complexity index is 447. The van der Waals surface area contributed by atoms with Gasteiger partial charge >= 0.3 is 5.97 Å². The van der Waals surface area contributed by atoms with Crippen LogP contribution in [0, 0.1) is 5.92 Å². The fourth-order valence-electron chi connectivity index (χ4n) is 3.33. The largest absolute Gasteiger partial charge is 0.460 e. The lowest BCUT2D eigenvalue weighted by molar-refractivity contribution is -0.235. The van der Waals surface area contributed by atoms with Crippen molar-refractivity contribution in [1.29, 1.82) is 0 Å². The SMILES string of the molecule is CC(=O)OC1CCC(C)(C2C=CC(C)=CC2)OC1(C)C. The first kappa shape index (κ1) is 15.3. The molecular formula is C17H26O3. The molecule has 1 aliphatic carbocycles. The monoisotopic (exact) mass is 278 g/mol. The van der Waals surface area contributed by atoms with Gasteiger partial charge in [0, 0.05) is 12.8 Å². The van der Waals surface area contributed by atoms with Gasteiger partial charge in [0.05, 0.1) is 5.60 Å². The molecule has 1 aliphatic heterocycles. The smallest absolute Gasteiger partial charge is 0.303 e. The summed E-state index contributed by atoms with van der Waals surface area (Å²) in [5, 5.41) is 0. The van der Waals surface area contributed by atoms with Crippen LogP contribution in [0.25, 0.3) is 0 Å². The van der Waals surface area contributed by atoms with Crippen molar-refractivity contribution < 1.29 is 14.3 Å². The van der Waals surface area contributed by atoms with E-state index in [1.807, 2.05) is 13.8 Å². The molecule has 2 aliphatic rings. The number of hydrogen-bond donors (Lipinski definition) is 0. The molecule has 0 spiro atoms. The van der Waals surface area contributed by atoms with Gasteiger partial charge in [-0.1, -0.05) is 23.8 Å². The Labute approximate surface area is 122 Å². The molecule has 0 aromatic heterocycles. The summed E-state index contributed by atoms with van der Waals surface area (Å²) in [6.07, 6.45) is 9.34. The minimum absolute atomic E-state index is 0.155. The third-order valence-electron chi connectivity index (χ3n) is 4.55. The molecule has 0 amide bonds. The van der Waals surface area contributed by atoms with E-state index in [0.717, 1.165) is 19.3 Å². The van der Waals surface area contributed by atoms with E-state index in [9.17, 15) is 4.79 Å². The molecule has 20 heavy (non-hydrogen) atoms. The molecule has 3 nitrogen and oxygen atoms in total. The van der Waals surface area contributed by atoms with Gasteiger partial charge in [-0.15, -0.1) is 0 Å². The molecule has 1 saturated heterocycles. The van der Waals surface area contributed by atoms with Gasteiger partial charge in [-0.05, 0) is 47.0 Å². The van der Waals surface area contributed by atoms with Crippen LogP contribution in [-0.4, -0.2) is 23.3 Å². The second-order valence-electron chi connectivity index (χ2n) is 6.80. The Kier molecular flexibility index (Phi) is 4.10. The summed E-state index contributed by atoms with van der Waals surface area (Å²) in [7, 11) is 0. The number of ether oxygens (including phenoxy) is 2. The highest BCUT2D eigenvalue weighted by Crippen LogP contribution is 2.43. The van der Waals surface area contributed by atoms with Gasteiger partial charge in [0.1, 0.15) is 11.7 Å². The fraction of sp³-hybridized carbons (Fsp3) is 0.706. The van der Waals surface area contributed by atoms with E-state index < -0.39 is 5.60 Å². The molecule has 112 valence electrons. The zero-order chi connectivity index (χ0) is 15.0. The van der Waals surface area contributed by atoms with E-state index in [1.165, 1.54) is 12.5 Å². The fourth-order valence-corrected chi connectivity index (χ4v) is 3.33. The third kappa shape index (κ3) is 3.14. The van der Waals surface area contributed by atoms with Crippen molar-refractivity contribution in [3.63, 3.8) is 0 Å². The first-order valence-electron chi connectivity index (χ1n) is 7.45. The summed E-state index contributed by atoms with van der Waals surface area (Å²) in [5.74, 6) is 0.162. The lowest BCUT2D eigenvalue weighted by Gasteiger charge is -2.50. The maximum atomic E-state index is 11.2. The van der Waals surface area contributed by atoms with Crippen molar-refractivity contribution in [2.24, 2.45) is 5.92 Å². The van der Waals surface area contributed by atoms with E-state index in [1.54, 1.807) is 0 Å². The molecule has 1 fully saturated rings.